The average Bonchev–Trinajstić information content (AvgIpc) is 2.97. The van der Waals surface area contributed by atoms with Gasteiger partial charge < -0.3 is 10.2 Å². The van der Waals surface area contributed by atoms with Crippen molar-refractivity contribution < 1.29 is 4.79 Å². The third-order valence-electron chi connectivity index (χ3n) is 3.06. The molecule has 18 heavy (non-hydrogen) atoms. The zero-order valence-electron chi connectivity index (χ0n) is 10.5. The van der Waals surface area contributed by atoms with Crippen LogP contribution >= 0.6 is 11.3 Å². The number of nitrogens with one attached hydrogen (secondary N) is 1. The number of carbonyl (C=O) groups is 1. The fourth-order valence-corrected chi connectivity index (χ4v) is 2.86. The van der Waals surface area contributed by atoms with E-state index in [-0.39, 0.29) is 11.9 Å². The normalized spacial score (nSPS) is 16.9. The molecule has 0 aromatic carbocycles. The maximum absolute atomic E-state index is 11.5. The summed E-state index contributed by atoms with van der Waals surface area (Å²) in [4.78, 5) is 15.3. The molecule has 2 rings (SSSR count). The highest BCUT2D eigenvalue weighted by molar-refractivity contribution is 7.12. The first kappa shape index (κ1) is 13.1. The second-order valence-electron chi connectivity index (χ2n) is 4.60. The second kappa shape index (κ2) is 5.98. The number of hydrogen-bond donors (Lipinski definition) is 1. The van der Waals surface area contributed by atoms with Crippen molar-refractivity contribution in [3.05, 3.63) is 21.9 Å². The minimum absolute atomic E-state index is 0.270. The topological polar surface area (TPSA) is 56.1 Å². The van der Waals surface area contributed by atoms with Gasteiger partial charge in [0.2, 0.25) is 5.91 Å². The Balaban J connectivity index is 1.76. The fraction of sp³-hybridized carbons (Fsp3) is 0.538. The Bertz CT molecular complexity index is 463. The van der Waals surface area contributed by atoms with Crippen LogP contribution < -0.4 is 5.32 Å². The minimum Gasteiger partial charge on any atom is -0.341 e. The van der Waals surface area contributed by atoms with Crippen molar-refractivity contribution in [2.24, 2.45) is 0 Å². The van der Waals surface area contributed by atoms with Crippen LogP contribution in [0.3, 0.4) is 0 Å². The minimum atomic E-state index is 0.270. The Labute approximate surface area is 111 Å². The van der Waals surface area contributed by atoms with E-state index < -0.39 is 0 Å². The van der Waals surface area contributed by atoms with Crippen molar-refractivity contribution in [1.29, 1.82) is 5.26 Å². The van der Waals surface area contributed by atoms with Crippen LogP contribution in [0.4, 0.5) is 0 Å². The van der Waals surface area contributed by atoms with E-state index in [9.17, 15) is 4.79 Å². The Morgan fingerprint density at radius 1 is 1.61 bits per heavy atom. The molecule has 1 amide bonds. The fourth-order valence-electron chi connectivity index (χ4n) is 2.10. The standard InChI is InChI=1S/C13H17N3OS/c1-10(9-16-6-2-3-13(16)17)15-8-12-5-4-11(7-14)18-12/h4-5,10,15H,2-3,6,8-9H2,1H3. The number of likely N-dealkylation sites (tertiary alicyclic amines) is 1. The largest absolute Gasteiger partial charge is 0.341 e. The molecule has 1 unspecified atom stereocenters. The highest BCUT2D eigenvalue weighted by atomic mass is 32.1. The van der Waals surface area contributed by atoms with Crippen LogP contribution in [-0.4, -0.2) is 29.9 Å². The van der Waals surface area contributed by atoms with Crippen molar-refractivity contribution in [1.82, 2.24) is 10.2 Å². The zero-order chi connectivity index (χ0) is 13.0. The van der Waals surface area contributed by atoms with E-state index in [1.54, 1.807) is 0 Å². The third-order valence-corrected chi connectivity index (χ3v) is 4.05. The first-order valence-corrected chi connectivity index (χ1v) is 7.00. The summed E-state index contributed by atoms with van der Waals surface area (Å²) in [5.74, 6) is 0.270. The Morgan fingerprint density at radius 2 is 2.44 bits per heavy atom. The summed E-state index contributed by atoms with van der Waals surface area (Å²) in [7, 11) is 0. The van der Waals surface area contributed by atoms with Crippen molar-refractivity contribution in [3.8, 4) is 6.07 Å². The van der Waals surface area contributed by atoms with Crippen LogP contribution in [0.5, 0.6) is 0 Å². The number of thiophene rings is 1. The number of hydrogen-bond acceptors (Lipinski definition) is 4. The number of nitriles is 1. The molecular formula is C13H17N3OS. The van der Waals surface area contributed by atoms with Gasteiger partial charge in [0.25, 0.3) is 0 Å². The molecule has 0 radical (unpaired) electrons. The lowest BCUT2D eigenvalue weighted by Gasteiger charge is -2.21. The van der Waals surface area contributed by atoms with E-state index in [0.717, 1.165) is 35.8 Å². The molecule has 1 aliphatic rings. The first-order chi connectivity index (χ1) is 8.69. The summed E-state index contributed by atoms with van der Waals surface area (Å²) in [6.07, 6.45) is 1.69. The molecule has 0 bridgehead atoms. The van der Waals surface area contributed by atoms with Gasteiger partial charge in [-0.2, -0.15) is 5.26 Å². The molecule has 1 aromatic heterocycles. The summed E-state index contributed by atoms with van der Waals surface area (Å²) in [6, 6.07) is 6.23. The van der Waals surface area contributed by atoms with Crippen LogP contribution in [0.1, 0.15) is 29.5 Å². The van der Waals surface area contributed by atoms with Gasteiger partial charge >= 0.3 is 0 Å². The van der Waals surface area contributed by atoms with Gasteiger partial charge in [0.1, 0.15) is 10.9 Å². The molecule has 5 heteroatoms. The number of amides is 1. The van der Waals surface area contributed by atoms with Gasteiger partial charge in [0.15, 0.2) is 0 Å². The van der Waals surface area contributed by atoms with Gasteiger partial charge in [-0.3, -0.25) is 4.79 Å². The van der Waals surface area contributed by atoms with Crippen molar-refractivity contribution in [2.75, 3.05) is 13.1 Å². The molecule has 0 saturated carbocycles. The third kappa shape index (κ3) is 3.31. The lowest BCUT2D eigenvalue weighted by molar-refractivity contribution is -0.127. The Morgan fingerprint density at radius 3 is 3.06 bits per heavy atom. The Hall–Kier alpha value is -1.38. The molecule has 1 atom stereocenters. The smallest absolute Gasteiger partial charge is 0.222 e. The highest BCUT2D eigenvalue weighted by Crippen LogP contribution is 2.15. The number of carbonyl (C=O) groups excluding carboxylic acids is 1. The summed E-state index contributed by atoms with van der Waals surface area (Å²) in [6.45, 7) is 4.51. The zero-order valence-corrected chi connectivity index (χ0v) is 11.3. The van der Waals surface area contributed by atoms with Crippen LogP contribution in [0.25, 0.3) is 0 Å². The molecule has 96 valence electrons. The van der Waals surface area contributed by atoms with Gasteiger partial charge in [0.05, 0.1) is 0 Å². The maximum Gasteiger partial charge on any atom is 0.222 e. The molecule has 1 aliphatic heterocycles. The molecule has 1 aromatic rings. The van der Waals surface area contributed by atoms with Crippen molar-refractivity contribution in [2.45, 2.75) is 32.4 Å². The van der Waals surface area contributed by atoms with E-state index >= 15 is 0 Å². The van der Waals surface area contributed by atoms with Crippen LogP contribution in [0, 0.1) is 11.3 Å². The SMILES string of the molecule is CC(CN1CCCC1=O)NCc1ccc(C#N)s1. The molecule has 1 saturated heterocycles. The number of rotatable bonds is 5. The molecule has 4 nitrogen and oxygen atoms in total. The molecule has 0 aliphatic carbocycles. The van der Waals surface area contributed by atoms with Gasteiger partial charge in [-0.05, 0) is 25.5 Å². The van der Waals surface area contributed by atoms with Gasteiger partial charge in [-0.15, -0.1) is 11.3 Å². The van der Waals surface area contributed by atoms with E-state index in [2.05, 4.69) is 18.3 Å². The van der Waals surface area contributed by atoms with Gasteiger partial charge in [-0.1, -0.05) is 0 Å². The molecule has 2 heterocycles. The lowest BCUT2D eigenvalue weighted by atomic mass is 10.3. The molecule has 1 N–H and O–H groups in total. The van der Waals surface area contributed by atoms with E-state index in [0.29, 0.717) is 6.42 Å². The molecular weight excluding hydrogens is 246 g/mol. The van der Waals surface area contributed by atoms with E-state index in [4.69, 9.17) is 5.26 Å². The average molecular weight is 263 g/mol. The first-order valence-electron chi connectivity index (χ1n) is 6.19. The predicted octanol–water partition coefficient (Wildman–Crippen LogP) is 1.72. The van der Waals surface area contributed by atoms with Crippen LogP contribution in [0.15, 0.2) is 12.1 Å². The summed E-state index contributed by atoms with van der Waals surface area (Å²) in [5.41, 5.74) is 0. The van der Waals surface area contributed by atoms with E-state index in [1.807, 2.05) is 17.0 Å². The summed E-state index contributed by atoms with van der Waals surface area (Å²) < 4.78 is 0. The van der Waals surface area contributed by atoms with Crippen LogP contribution in [-0.2, 0) is 11.3 Å². The lowest BCUT2D eigenvalue weighted by Crippen LogP contribution is -2.39. The van der Waals surface area contributed by atoms with Crippen molar-refractivity contribution >= 4 is 17.2 Å². The monoisotopic (exact) mass is 263 g/mol. The summed E-state index contributed by atoms with van der Waals surface area (Å²) >= 11 is 1.51. The predicted molar refractivity (Wildman–Crippen MR) is 71.1 cm³/mol. The second-order valence-corrected chi connectivity index (χ2v) is 5.77. The molecule has 0 spiro atoms. The maximum atomic E-state index is 11.5. The summed E-state index contributed by atoms with van der Waals surface area (Å²) in [5, 5.41) is 12.1. The van der Waals surface area contributed by atoms with Crippen molar-refractivity contribution in [3.63, 3.8) is 0 Å². The van der Waals surface area contributed by atoms with Crippen LogP contribution in [0.2, 0.25) is 0 Å². The quantitative estimate of drug-likeness (QED) is 0.880. The van der Waals surface area contributed by atoms with Gasteiger partial charge in [0, 0.05) is 37.0 Å². The Kier molecular flexibility index (Phi) is 4.34. The van der Waals surface area contributed by atoms with E-state index in [1.165, 1.54) is 11.3 Å². The highest BCUT2D eigenvalue weighted by Gasteiger charge is 2.21. The van der Waals surface area contributed by atoms with Gasteiger partial charge in [-0.25, -0.2) is 0 Å². The molecule has 1 fully saturated rings. The number of nitrogens with zero attached hydrogens (tertiary/aromatic N) is 2.